The van der Waals surface area contributed by atoms with Crippen molar-refractivity contribution in [3.8, 4) is 0 Å². The van der Waals surface area contributed by atoms with E-state index in [2.05, 4.69) is 0 Å². The van der Waals surface area contributed by atoms with Crippen molar-refractivity contribution in [3.05, 3.63) is 0 Å². The van der Waals surface area contributed by atoms with Crippen molar-refractivity contribution in [2.75, 3.05) is 74.6 Å². The first kappa shape index (κ1) is 19.7. The highest BCUT2D eigenvalue weighted by Gasteiger charge is 2.15. The minimum Gasteiger partial charge on any atom is -0.376 e. The molecule has 0 aliphatic heterocycles. The zero-order valence-electron chi connectivity index (χ0n) is 12.6. The Kier molecular flexibility index (Phi) is 14.8. The molecule has 0 aromatic heterocycles. The van der Waals surface area contributed by atoms with Gasteiger partial charge in [-0.05, 0) is 0 Å². The Hall–Kier alpha value is -0.320. The molecule has 8 heteroatoms. The molecule has 0 aromatic carbocycles. The number of methoxy groups -OCH3 is 3. The number of aliphatic hydroxyl groups is 1. The van der Waals surface area contributed by atoms with Gasteiger partial charge in [0, 0.05) is 34.4 Å². The van der Waals surface area contributed by atoms with Crippen LogP contribution in [-0.4, -0.2) is 90.9 Å². The lowest BCUT2D eigenvalue weighted by Crippen LogP contribution is -2.42. The summed E-state index contributed by atoms with van der Waals surface area (Å²) in [5.41, 5.74) is 0. The van der Waals surface area contributed by atoms with Crippen LogP contribution in [0.4, 0.5) is 0 Å². The first-order chi connectivity index (χ1) is 9.76. The van der Waals surface area contributed by atoms with Crippen LogP contribution in [0.15, 0.2) is 0 Å². The Morgan fingerprint density at radius 1 is 0.800 bits per heavy atom. The van der Waals surface area contributed by atoms with Crippen LogP contribution < -0.4 is 0 Å². The standard InChI is InChI=1S/C12H27NO7/c1-15-9-18-6-4-13(5-7-19-10-16-2)12(14)8-20-11-17-3/h12,14H,4-11H2,1-3H3. The van der Waals surface area contributed by atoms with Crippen molar-refractivity contribution in [1.29, 1.82) is 0 Å². The van der Waals surface area contributed by atoms with Gasteiger partial charge in [0.2, 0.25) is 0 Å². The minimum atomic E-state index is -0.748. The molecule has 8 nitrogen and oxygen atoms in total. The van der Waals surface area contributed by atoms with Gasteiger partial charge in [0.25, 0.3) is 0 Å². The minimum absolute atomic E-state index is 0.144. The second kappa shape index (κ2) is 15.1. The molecule has 0 amide bonds. The first-order valence-corrected chi connectivity index (χ1v) is 6.38. The van der Waals surface area contributed by atoms with Gasteiger partial charge >= 0.3 is 0 Å². The van der Waals surface area contributed by atoms with E-state index in [1.807, 2.05) is 0 Å². The third-order valence-electron chi connectivity index (χ3n) is 2.34. The third kappa shape index (κ3) is 11.5. The van der Waals surface area contributed by atoms with E-state index in [0.717, 1.165) is 0 Å². The van der Waals surface area contributed by atoms with E-state index >= 15 is 0 Å². The highest BCUT2D eigenvalue weighted by atomic mass is 16.7. The summed E-state index contributed by atoms with van der Waals surface area (Å²) < 4.78 is 29.9. The zero-order chi connectivity index (χ0) is 15.1. The molecule has 1 atom stereocenters. The lowest BCUT2D eigenvalue weighted by molar-refractivity contribution is -0.120. The lowest BCUT2D eigenvalue weighted by atomic mass is 10.4. The maximum atomic E-state index is 10.0. The van der Waals surface area contributed by atoms with Gasteiger partial charge in [-0.3, -0.25) is 4.90 Å². The predicted octanol–water partition coefficient (Wildman–Crippen LogP) is -0.532. The maximum Gasteiger partial charge on any atom is 0.146 e. The van der Waals surface area contributed by atoms with Crippen LogP contribution in [-0.2, 0) is 28.4 Å². The highest BCUT2D eigenvalue weighted by Crippen LogP contribution is 1.98. The zero-order valence-corrected chi connectivity index (χ0v) is 12.6. The van der Waals surface area contributed by atoms with Gasteiger partial charge in [-0.15, -0.1) is 0 Å². The Balaban J connectivity index is 3.94. The fraction of sp³-hybridized carbons (Fsp3) is 1.00. The number of nitrogens with zero attached hydrogens (tertiary/aromatic N) is 1. The van der Waals surface area contributed by atoms with Crippen LogP contribution in [0.5, 0.6) is 0 Å². The van der Waals surface area contributed by atoms with Gasteiger partial charge in [0.05, 0.1) is 19.8 Å². The molecule has 20 heavy (non-hydrogen) atoms. The van der Waals surface area contributed by atoms with Crippen molar-refractivity contribution < 1.29 is 33.5 Å². The number of rotatable bonds is 15. The molecule has 0 bridgehead atoms. The monoisotopic (exact) mass is 297 g/mol. The summed E-state index contributed by atoms with van der Waals surface area (Å²) in [6.07, 6.45) is -0.748. The summed E-state index contributed by atoms with van der Waals surface area (Å²) in [7, 11) is 4.65. The second-order valence-electron chi connectivity index (χ2n) is 3.92. The second-order valence-corrected chi connectivity index (χ2v) is 3.92. The molecule has 0 heterocycles. The van der Waals surface area contributed by atoms with Crippen molar-refractivity contribution in [2.24, 2.45) is 0 Å². The Labute approximate surface area is 120 Å². The van der Waals surface area contributed by atoms with Gasteiger partial charge in [0.15, 0.2) is 0 Å². The van der Waals surface area contributed by atoms with E-state index in [0.29, 0.717) is 26.3 Å². The first-order valence-electron chi connectivity index (χ1n) is 6.38. The van der Waals surface area contributed by atoms with Gasteiger partial charge in [-0.2, -0.15) is 0 Å². The largest absolute Gasteiger partial charge is 0.376 e. The summed E-state index contributed by atoms with van der Waals surface area (Å²) in [6, 6.07) is 0. The molecule has 122 valence electrons. The van der Waals surface area contributed by atoms with Crippen molar-refractivity contribution in [2.45, 2.75) is 6.23 Å². The van der Waals surface area contributed by atoms with E-state index in [-0.39, 0.29) is 27.0 Å². The highest BCUT2D eigenvalue weighted by molar-refractivity contribution is 4.61. The molecule has 0 saturated heterocycles. The van der Waals surface area contributed by atoms with Gasteiger partial charge in [-0.25, -0.2) is 0 Å². The topological polar surface area (TPSA) is 78.9 Å². The molecular formula is C12H27NO7. The predicted molar refractivity (Wildman–Crippen MR) is 71.1 cm³/mol. The van der Waals surface area contributed by atoms with E-state index in [9.17, 15) is 5.11 Å². The van der Waals surface area contributed by atoms with Crippen LogP contribution in [0.2, 0.25) is 0 Å². The summed E-state index contributed by atoms with van der Waals surface area (Å²) in [4.78, 5) is 1.79. The molecule has 0 fully saturated rings. The molecule has 0 rings (SSSR count). The molecule has 0 aromatic rings. The van der Waals surface area contributed by atoms with E-state index in [1.54, 1.807) is 19.1 Å². The normalized spacial score (nSPS) is 13.1. The van der Waals surface area contributed by atoms with E-state index in [1.165, 1.54) is 7.11 Å². The SMILES string of the molecule is COCOCCN(CCOCOC)C(O)COCOC. The molecular weight excluding hydrogens is 270 g/mol. The van der Waals surface area contributed by atoms with E-state index < -0.39 is 6.23 Å². The molecule has 0 aliphatic rings. The van der Waals surface area contributed by atoms with Gasteiger partial charge < -0.3 is 33.5 Å². The van der Waals surface area contributed by atoms with Gasteiger partial charge in [0.1, 0.15) is 26.6 Å². The lowest BCUT2D eigenvalue weighted by Gasteiger charge is -2.27. The van der Waals surface area contributed by atoms with Crippen LogP contribution in [0, 0.1) is 0 Å². The Morgan fingerprint density at radius 2 is 1.25 bits per heavy atom. The summed E-state index contributed by atoms with van der Waals surface area (Å²) in [6.45, 7) is 2.72. The summed E-state index contributed by atoms with van der Waals surface area (Å²) in [5.74, 6) is 0. The smallest absolute Gasteiger partial charge is 0.146 e. The fourth-order valence-corrected chi connectivity index (χ4v) is 1.40. The number of ether oxygens (including phenoxy) is 6. The van der Waals surface area contributed by atoms with Crippen LogP contribution in [0.25, 0.3) is 0 Å². The number of aliphatic hydroxyl groups excluding tert-OH is 1. The Bertz CT molecular complexity index is 185. The molecule has 1 N–H and O–H groups in total. The number of hydrogen-bond acceptors (Lipinski definition) is 8. The quantitative estimate of drug-likeness (QED) is 0.319. The van der Waals surface area contributed by atoms with Crippen molar-refractivity contribution >= 4 is 0 Å². The third-order valence-corrected chi connectivity index (χ3v) is 2.34. The Morgan fingerprint density at radius 3 is 1.70 bits per heavy atom. The molecule has 0 saturated carbocycles. The summed E-state index contributed by atoms with van der Waals surface area (Å²) in [5, 5.41) is 10.0. The average Bonchev–Trinajstić information content (AvgIpc) is 2.45. The van der Waals surface area contributed by atoms with Crippen LogP contribution in [0.3, 0.4) is 0 Å². The van der Waals surface area contributed by atoms with Crippen LogP contribution in [0.1, 0.15) is 0 Å². The molecule has 0 spiro atoms. The summed E-state index contributed by atoms with van der Waals surface area (Å²) >= 11 is 0. The van der Waals surface area contributed by atoms with Gasteiger partial charge in [-0.1, -0.05) is 0 Å². The van der Waals surface area contributed by atoms with Crippen molar-refractivity contribution in [3.63, 3.8) is 0 Å². The fourth-order valence-electron chi connectivity index (χ4n) is 1.40. The van der Waals surface area contributed by atoms with Crippen LogP contribution >= 0.6 is 0 Å². The molecule has 0 aliphatic carbocycles. The number of hydrogen-bond donors (Lipinski definition) is 1. The molecule has 1 unspecified atom stereocenters. The maximum absolute atomic E-state index is 10.0. The average molecular weight is 297 g/mol. The van der Waals surface area contributed by atoms with E-state index in [4.69, 9.17) is 28.4 Å². The molecule has 0 radical (unpaired) electrons. The van der Waals surface area contributed by atoms with Crippen molar-refractivity contribution in [1.82, 2.24) is 4.90 Å².